The van der Waals surface area contributed by atoms with Crippen LogP contribution in [-0.4, -0.2) is 25.3 Å². The number of rotatable bonds is 6. The second kappa shape index (κ2) is 5.64. The first-order valence-corrected chi connectivity index (χ1v) is 7.44. The van der Waals surface area contributed by atoms with E-state index in [4.69, 9.17) is 9.47 Å². The Bertz CT molecular complexity index is 535. The predicted molar refractivity (Wildman–Crippen MR) is 79.8 cm³/mol. The Balaban J connectivity index is 2.63. The quantitative estimate of drug-likeness (QED) is 0.858. The van der Waals surface area contributed by atoms with Crippen molar-refractivity contribution in [3.8, 4) is 11.5 Å². The van der Waals surface area contributed by atoms with Gasteiger partial charge in [-0.05, 0) is 30.9 Å². The number of hydrogen-bond donors (Lipinski definition) is 1. The lowest BCUT2D eigenvalue weighted by Crippen LogP contribution is -2.16. The standard InChI is InChI=1S/C15H19BrO4/c1-4-9-7-10(19-2)14(20-3)12(13(9)16)15(5-6-15)8-11(17)18/h7H,4-6,8H2,1-3H3,(H,17,18). The molecule has 0 unspecified atom stereocenters. The van der Waals surface area contributed by atoms with Gasteiger partial charge in [0.15, 0.2) is 11.5 Å². The zero-order chi connectivity index (χ0) is 14.9. The third-order valence-electron chi connectivity index (χ3n) is 3.94. The zero-order valence-electron chi connectivity index (χ0n) is 12.0. The van der Waals surface area contributed by atoms with Crippen molar-refractivity contribution in [2.24, 2.45) is 0 Å². The maximum absolute atomic E-state index is 11.2. The number of ether oxygens (including phenoxy) is 2. The smallest absolute Gasteiger partial charge is 0.304 e. The third-order valence-corrected chi connectivity index (χ3v) is 4.84. The Morgan fingerprint density at radius 2 is 2.05 bits per heavy atom. The average molecular weight is 343 g/mol. The van der Waals surface area contributed by atoms with Gasteiger partial charge in [-0.25, -0.2) is 0 Å². The van der Waals surface area contributed by atoms with Gasteiger partial charge < -0.3 is 14.6 Å². The summed E-state index contributed by atoms with van der Waals surface area (Å²) in [6, 6.07) is 1.95. The van der Waals surface area contributed by atoms with Gasteiger partial charge in [0.25, 0.3) is 0 Å². The summed E-state index contributed by atoms with van der Waals surface area (Å²) in [7, 11) is 3.20. The van der Waals surface area contributed by atoms with Crippen LogP contribution >= 0.6 is 15.9 Å². The van der Waals surface area contributed by atoms with Gasteiger partial charge >= 0.3 is 5.97 Å². The van der Waals surface area contributed by atoms with Crippen LogP contribution in [0, 0.1) is 0 Å². The fraction of sp³-hybridized carbons (Fsp3) is 0.533. The molecule has 0 saturated heterocycles. The Labute approximate surface area is 127 Å². The van der Waals surface area contributed by atoms with Crippen LogP contribution in [0.2, 0.25) is 0 Å². The first-order valence-electron chi connectivity index (χ1n) is 6.64. The SMILES string of the molecule is CCc1cc(OC)c(OC)c(C2(CC(=O)O)CC2)c1Br. The van der Waals surface area contributed by atoms with E-state index in [0.717, 1.165) is 34.9 Å². The monoisotopic (exact) mass is 342 g/mol. The molecule has 1 aliphatic carbocycles. The number of halogens is 1. The van der Waals surface area contributed by atoms with E-state index in [-0.39, 0.29) is 11.8 Å². The highest BCUT2D eigenvalue weighted by Crippen LogP contribution is 2.58. The minimum absolute atomic E-state index is 0.123. The zero-order valence-corrected chi connectivity index (χ0v) is 13.5. The Morgan fingerprint density at radius 1 is 1.40 bits per heavy atom. The number of carboxylic acids is 1. The largest absolute Gasteiger partial charge is 0.493 e. The van der Waals surface area contributed by atoms with Crippen molar-refractivity contribution in [1.29, 1.82) is 0 Å². The van der Waals surface area contributed by atoms with Gasteiger partial charge in [-0.1, -0.05) is 22.9 Å². The average Bonchev–Trinajstić information content (AvgIpc) is 3.17. The van der Waals surface area contributed by atoms with Crippen molar-refractivity contribution in [2.45, 2.75) is 38.0 Å². The van der Waals surface area contributed by atoms with Crippen LogP contribution in [0.5, 0.6) is 11.5 Å². The number of carboxylic acid groups (broad SMARTS) is 1. The fourth-order valence-corrected chi connectivity index (χ4v) is 3.71. The van der Waals surface area contributed by atoms with Crippen LogP contribution in [-0.2, 0) is 16.6 Å². The fourth-order valence-electron chi connectivity index (χ4n) is 2.71. The molecule has 1 fully saturated rings. The molecule has 5 heteroatoms. The lowest BCUT2D eigenvalue weighted by atomic mass is 9.89. The molecule has 0 amide bonds. The first kappa shape index (κ1) is 15.2. The minimum atomic E-state index is -0.780. The molecule has 0 aliphatic heterocycles. The maximum atomic E-state index is 11.2. The molecule has 4 nitrogen and oxygen atoms in total. The highest BCUT2D eigenvalue weighted by molar-refractivity contribution is 9.10. The van der Waals surface area contributed by atoms with Crippen LogP contribution in [0.1, 0.15) is 37.3 Å². The summed E-state index contributed by atoms with van der Waals surface area (Å²) in [5, 5.41) is 9.17. The summed E-state index contributed by atoms with van der Waals surface area (Å²) in [6.45, 7) is 2.06. The number of benzene rings is 1. The molecule has 1 aliphatic rings. The Kier molecular flexibility index (Phi) is 4.28. The summed E-state index contributed by atoms with van der Waals surface area (Å²) in [4.78, 5) is 11.2. The lowest BCUT2D eigenvalue weighted by Gasteiger charge is -2.23. The van der Waals surface area contributed by atoms with E-state index in [1.807, 2.05) is 6.07 Å². The van der Waals surface area contributed by atoms with E-state index in [0.29, 0.717) is 11.5 Å². The number of methoxy groups -OCH3 is 2. The molecule has 0 radical (unpaired) electrons. The van der Waals surface area contributed by atoms with Crippen LogP contribution in [0.4, 0.5) is 0 Å². The molecular formula is C15H19BrO4. The molecule has 1 aromatic carbocycles. The molecule has 0 heterocycles. The van der Waals surface area contributed by atoms with E-state index >= 15 is 0 Å². The molecule has 2 rings (SSSR count). The maximum Gasteiger partial charge on any atom is 0.304 e. The summed E-state index contributed by atoms with van der Waals surface area (Å²) >= 11 is 3.63. The van der Waals surface area contributed by atoms with E-state index in [9.17, 15) is 9.90 Å². The van der Waals surface area contributed by atoms with E-state index in [2.05, 4.69) is 22.9 Å². The molecular weight excluding hydrogens is 324 g/mol. The van der Waals surface area contributed by atoms with E-state index in [1.54, 1.807) is 14.2 Å². The highest BCUT2D eigenvalue weighted by Gasteiger charge is 2.50. The number of hydrogen-bond acceptors (Lipinski definition) is 3. The van der Waals surface area contributed by atoms with Crippen molar-refractivity contribution >= 4 is 21.9 Å². The van der Waals surface area contributed by atoms with Crippen LogP contribution in [0.15, 0.2) is 10.5 Å². The predicted octanol–water partition coefficient (Wildman–Crippen LogP) is 3.54. The molecule has 0 aromatic heterocycles. The molecule has 0 bridgehead atoms. The van der Waals surface area contributed by atoms with Crippen molar-refractivity contribution in [3.63, 3.8) is 0 Å². The van der Waals surface area contributed by atoms with Crippen molar-refractivity contribution in [2.75, 3.05) is 14.2 Å². The molecule has 1 aromatic rings. The summed E-state index contributed by atoms with van der Waals surface area (Å²) in [5.41, 5.74) is 1.72. The number of carbonyl (C=O) groups is 1. The van der Waals surface area contributed by atoms with Crippen molar-refractivity contribution in [1.82, 2.24) is 0 Å². The van der Waals surface area contributed by atoms with Gasteiger partial charge in [-0.3, -0.25) is 4.79 Å². The Hall–Kier alpha value is -1.23. The van der Waals surface area contributed by atoms with E-state index < -0.39 is 5.97 Å². The van der Waals surface area contributed by atoms with Crippen molar-refractivity contribution < 1.29 is 19.4 Å². The van der Waals surface area contributed by atoms with Gasteiger partial charge in [0.05, 0.1) is 20.6 Å². The van der Waals surface area contributed by atoms with Crippen LogP contribution in [0.25, 0.3) is 0 Å². The van der Waals surface area contributed by atoms with Gasteiger partial charge in [0, 0.05) is 15.5 Å². The molecule has 20 heavy (non-hydrogen) atoms. The Morgan fingerprint density at radius 3 is 2.45 bits per heavy atom. The van der Waals surface area contributed by atoms with Gasteiger partial charge in [0.1, 0.15) is 0 Å². The first-order chi connectivity index (χ1) is 9.49. The summed E-state index contributed by atoms with van der Waals surface area (Å²) in [6.07, 6.45) is 2.70. The van der Waals surface area contributed by atoms with Gasteiger partial charge in [-0.15, -0.1) is 0 Å². The normalized spacial score (nSPS) is 15.8. The molecule has 1 saturated carbocycles. The molecule has 0 atom stereocenters. The summed E-state index contributed by atoms with van der Waals surface area (Å²) < 4.78 is 11.9. The van der Waals surface area contributed by atoms with Crippen LogP contribution < -0.4 is 9.47 Å². The van der Waals surface area contributed by atoms with Crippen molar-refractivity contribution in [3.05, 3.63) is 21.7 Å². The van der Waals surface area contributed by atoms with Gasteiger partial charge in [-0.2, -0.15) is 0 Å². The van der Waals surface area contributed by atoms with Crippen LogP contribution in [0.3, 0.4) is 0 Å². The number of aryl methyl sites for hydroxylation is 1. The number of aliphatic carboxylic acids is 1. The second-order valence-corrected chi connectivity index (χ2v) is 5.96. The lowest BCUT2D eigenvalue weighted by molar-refractivity contribution is -0.137. The highest BCUT2D eigenvalue weighted by atomic mass is 79.9. The minimum Gasteiger partial charge on any atom is -0.493 e. The molecule has 1 N–H and O–H groups in total. The molecule has 110 valence electrons. The molecule has 0 spiro atoms. The third kappa shape index (κ3) is 2.51. The topological polar surface area (TPSA) is 55.8 Å². The summed E-state index contributed by atoms with van der Waals surface area (Å²) in [5.74, 6) is 0.534. The van der Waals surface area contributed by atoms with Gasteiger partial charge in [0.2, 0.25) is 0 Å². The second-order valence-electron chi connectivity index (χ2n) is 5.16. The van der Waals surface area contributed by atoms with E-state index in [1.165, 1.54) is 0 Å².